The molecule has 0 saturated carbocycles. The minimum Gasteiger partial charge on any atom is -0.368 e. The Labute approximate surface area is 141 Å². The van der Waals surface area contributed by atoms with Crippen LogP contribution in [-0.2, 0) is 6.42 Å². The van der Waals surface area contributed by atoms with Gasteiger partial charge in [-0.25, -0.2) is 9.48 Å². The second-order valence-corrected chi connectivity index (χ2v) is 6.16. The number of piperidine rings is 1. The van der Waals surface area contributed by atoms with Gasteiger partial charge in [0.1, 0.15) is 5.82 Å². The van der Waals surface area contributed by atoms with Crippen LogP contribution in [0.2, 0.25) is 0 Å². The number of nitrogens with zero attached hydrogens (tertiary/aromatic N) is 4. The summed E-state index contributed by atoms with van der Waals surface area (Å²) in [5.74, 6) is 1.13. The van der Waals surface area contributed by atoms with Crippen molar-refractivity contribution in [1.82, 2.24) is 19.7 Å². The number of benzene rings is 1. The van der Waals surface area contributed by atoms with Crippen molar-refractivity contribution in [2.75, 3.05) is 24.1 Å². The lowest BCUT2D eigenvalue weighted by atomic mass is 10.1. The number of nitrogen functional groups attached to an aromatic ring is 1. The summed E-state index contributed by atoms with van der Waals surface area (Å²) in [5, 5.41) is 7.31. The van der Waals surface area contributed by atoms with Gasteiger partial charge in [0.25, 0.3) is 0 Å². The molecule has 24 heavy (non-hydrogen) atoms. The third kappa shape index (κ3) is 3.50. The Morgan fingerprint density at radius 1 is 1.29 bits per heavy atom. The van der Waals surface area contributed by atoms with Gasteiger partial charge in [-0.3, -0.25) is 0 Å². The van der Waals surface area contributed by atoms with E-state index in [2.05, 4.69) is 22.3 Å². The van der Waals surface area contributed by atoms with E-state index in [1.54, 1.807) is 4.68 Å². The number of urea groups is 1. The average Bonchev–Trinajstić information content (AvgIpc) is 2.94. The Morgan fingerprint density at radius 2 is 1.96 bits per heavy atom. The summed E-state index contributed by atoms with van der Waals surface area (Å²) in [6.07, 6.45) is 2.65. The van der Waals surface area contributed by atoms with E-state index in [0.717, 1.165) is 24.9 Å². The molecule has 1 aliphatic rings. The highest BCUT2D eigenvalue weighted by molar-refractivity contribution is 5.89. The number of nitrogens with one attached hydrogen (secondary N) is 1. The number of carbonyl (C=O) groups excluding carboxylic acids is 1. The number of nitrogens with two attached hydrogens (primary N) is 1. The van der Waals surface area contributed by atoms with Crippen LogP contribution >= 0.6 is 0 Å². The molecule has 0 atom stereocenters. The van der Waals surface area contributed by atoms with Crippen LogP contribution in [0.15, 0.2) is 24.3 Å². The van der Waals surface area contributed by atoms with Crippen molar-refractivity contribution < 1.29 is 4.79 Å². The molecule has 1 aromatic heterocycles. The summed E-state index contributed by atoms with van der Waals surface area (Å²) in [5.41, 5.74) is 7.98. The van der Waals surface area contributed by atoms with Crippen molar-refractivity contribution in [3.63, 3.8) is 0 Å². The topological polar surface area (TPSA) is 89.1 Å². The molecule has 7 heteroatoms. The number of hydrogen-bond donors (Lipinski definition) is 2. The second-order valence-electron chi connectivity index (χ2n) is 6.16. The van der Waals surface area contributed by atoms with Gasteiger partial charge in [-0.05, 0) is 43.9 Å². The van der Waals surface area contributed by atoms with Gasteiger partial charge in [0, 0.05) is 18.8 Å². The van der Waals surface area contributed by atoms with Crippen molar-refractivity contribution >= 4 is 17.7 Å². The Morgan fingerprint density at radius 3 is 2.50 bits per heavy atom. The summed E-state index contributed by atoms with van der Waals surface area (Å²) in [4.78, 5) is 18.4. The van der Waals surface area contributed by atoms with Gasteiger partial charge in [-0.15, -0.1) is 0 Å². The fourth-order valence-corrected chi connectivity index (χ4v) is 3.06. The average molecular weight is 328 g/mol. The van der Waals surface area contributed by atoms with Gasteiger partial charge in [-0.2, -0.15) is 10.1 Å². The standard InChI is InChI=1S/C17H24N6O/c1-3-13-4-6-14(7-5-13)20-17(24)22-10-8-15(9-11-22)23-16(18)19-12(2)21-23/h4-7,15H,3,8-11H2,1-2H3,(H,20,24)(H2,18,19,21). The van der Waals surface area contributed by atoms with E-state index in [1.807, 2.05) is 36.1 Å². The number of hydrogen-bond acceptors (Lipinski definition) is 4. The molecule has 128 valence electrons. The zero-order valence-electron chi connectivity index (χ0n) is 14.2. The van der Waals surface area contributed by atoms with Gasteiger partial charge in [0.15, 0.2) is 0 Å². The lowest BCUT2D eigenvalue weighted by Gasteiger charge is -2.32. The molecule has 2 aromatic rings. The quantitative estimate of drug-likeness (QED) is 0.906. The Kier molecular flexibility index (Phi) is 4.69. The molecule has 2 amide bonds. The molecule has 0 radical (unpaired) electrons. The first-order valence-electron chi connectivity index (χ1n) is 8.40. The zero-order chi connectivity index (χ0) is 17.1. The third-order valence-corrected chi connectivity index (χ3v) is 4.47. The molecule has 0 spiro atoms. The fraction of sp³-hybridized carbons (Fsp3) is 0.471. The molecule has 0 bridgehead atoms. The van der Waals surface area contributed by atoms with Crippen LogP contribution < -0.4 is 11.1 Å². The first-order valence-corrected chi connectivity index (χ1v) is 8.40. The highest BCUT2D eigenvalue weighted by Crippen LogP contribution is 2.24. The van der Waals surface area contributed by atoms with E-state index in [4.69, 9.17) is 5.73 Å². The molecular formula is C17H24N6O. The second kappa shape index (κ2) is 6.90. The smallest absolute Gasteiger partial charge is 0.321 e. The number of amides is 2. The SMILES string of the molecule is CCc1ccc(NC(=O)N2CCC(n3nc(C)nc3N)CC2)cc1. The summed E-state index contributed by atoms with van der Waals surface area (Å²) in [7, 11) is 0. The number of anilines is 2. The summed E-state index contributed by atoms with van der Waals surface area (Å²) < 4.78 is 1.79. The molecule has 7 nitrogen and oxygen atoms in total. The largest absolute Gasteiger partial charge is 0.368 e. The maximum absolute atomic E-state index is 12.4. The third-order valence-electron chi connectivity index (χ3n) is 4.47. The van der Waals surface area contributed by atoms with Crippen molar-refractivity contribution in [3.05, 3.63) is 35.7 Å². The van der Waals surface area contributed by atoms with Crippen molar-refractivity contribution in [1.29, 1.82) is 0 Å². The first kappa shape index (κ1) is 16.3. The number of aromatic nitrogens is 3. The molecule has 1 fully saturated rings. The van der Waals surface area contributed by atoms with Crippen LogP contribution in [0.25, 0.3) is 0 Å². The highest BCUT2D eigenvalue weighted by Gasteiger charge is 2.25. The van der Waals surface area contributed by atoms with Gasteiger partial charge in [-0.1, -0.05) is 19.1 Å². The lowest BCUT2D eigenvalue weighted by Crippen LogP contribution is -2.41. The van der Waals surface area contributed by atoms with E-state index in [-0.39, 0.29) is 12.1 Å². The Balaban J connectivity index is 1.55. The van der Waals surface area contributed by atoms with E-state index < -0.39 is 0 Å². The molecule has 0 unspecified atom stereocenters. The first-order chi connectivity index (χ1) is 11.6. The minimum absolute atomic E-state index is 0.0551. The van der Waals surface area contributed by atoms with E-state index in [0.29, 0.717) is 24.9 Å². The predicted molar refractivity (Wildman–Crippen MR) is 93.9 cm³/mol. The summed E-state index contributed by atoms with van der Waals surface area (Å²) >= 11 is 0. The maximum atomic E-state index is 12.4. The monoisotopic (exact) mass is 328 g/mol. The normalized spacial score (nSPS) is 15.5. The molecule has 1 aromatic carbocycles. The lowest BCUT2D eigenvalue weighted by molar-refractivity contribution is 0.181. The van der Waals surface area contributed by atoms with Crippen LogP contribution in [-0.4, -0.2) is 38.8 Å². The number of likely N-dealkylation sites (tertiary alicyclic amines) is 1. The van der Waals surface area contributed by atoms with E-state index >= 15 is 0 Å². The minimum atomic E-state index is -0.0551. The fourth-order valence-electron chi connectivity index (χ4n) is 3.06. The van der Waals surface area contributed by atoms with Gasteiger partial charge in [0.05, 0.1) is 6.04 Å². The van der Waals surface area contributed by atoms with Crippen molar-refractivity contribution in [2.45, 2.75) is 39.2 Å². The Bertz CT molecular complexity index is 700. The zero-order valence-corrected chi connectivity index (χ0v) is 14.2. The Hall–Kier alpha value is -2.57. The van der Waals surface area contributed by atoms with Crippen LogP contribution in [0.5, 0.6) is 0 Å². The summed E-state index contributed by atoms with van der Waals surface area (Å²) in [6, 6.07) is 8.12. The van der Waals surface area contributed by atoms with Crippen LogP contribution in [0.3, 0.4) is 0 Å². The van der Waals surface area contributed by atoms with Crippen molar-refractivity contribution in [2.24, 2.45) is 0 Å². The maximum Gasteiger partial charge on any atom is 0.321 e. The molecule has 1 aliphatic heterocycles. The van der Waals surface area contributed by atoms with E-state index in [1.165, 1.54) is 5.56 Å². The molecule has 3 rings (SSSR count). The van der Waals surface area contributed by atoms with Crippen molar-refractivity contribution in [3.8, 4) is 0 Å². The van der Waals surface area contributed by atoms with Gasteiger partial charge < -0.3 is 16.0 Å². The molecular weight excluding hydrogens is 304 g/mol. The molecule has 2 heterocycles. The van der Waals surface area contributed by atoms with Crippen LogP contribution in [0.1, 0.15) is 37.2 Å². The van der Waals surface area contributed by atoms with E-state index in [9.17, 15) is 4.79 Å². The number of rotatable bonds is 3. The predicted octanol–water partition coefficient (Wildman–Crippen LogP) is 2.60. The molecule has 0 aliphatic carbocycles. The molecule has 3 N–H and O–H groups in total. The van der Waals surface area contributed by atoms with Gasteiger partial charge in [0.2, 0.25) is 5.95 Å². The summed E-state index contributed by atoms with van der Waals surface area (Å²) in [6.45, 7) is 5.31. The van der Waals surface area contributed by atoms with Crippen LogP contribution in [0, 0.1) is 6.92 Å². The highest BCUT2D eigenvalue weighted by atomic mass is 16.2. The number of aryl methyl sites for hydroxylation is 2. The molecule has 1 saturated heterocycles. The van der Waals surface area contributed by atoms with Gasteiger partial charge >= 0.3 is 6.03 Å². The number of carbonyl (C=O) groups is 1. The van der Waals surface area contributed by atoms with Crippen LogP contribution in [0.4, 0.5) is 16.4 Å².